The highest BCUT2D eigenvalue weighted by molar-refractivity contribution is 5.86. The zero-order valence-corrected chi connectivity index (χ0v) is 23.9. The van der Waals surface area contributed by atoms with Gasteiger partial charge in [0, 0.05) is 47.1 Å². The Kier molecular flexibility index (Phi) is 7.25. The SMILES string of the molecule is C=C(NCCc1cc(C2C[N+]2(O)CC(C)(C)O)c(C)c(-c2ccc(F)cc2)n1)c1cc(C)c2ncc(C)cc2c1. The summed E-state index contributed by atoms with van der Waals surface area (Å²) in [6.07, 6.45) is 2.52. The fourth-order valence-electron chi connectivity index (χ4n) is 5.66. The van der Waals surface area contributed by atoms with Crippen molar-refractivity contribution in [3.05, 3.63) is 101 Å². The first kappa shape index (κ1) is 27.9. The van der Waals surface area contributed by atoms with Crippen LogP contribution in [-0.2, 0) is 6.42 Å². The zero-order valence-electron chi connectivity index (χ0n) is 23.9. The van der Waals surface area contributed by atoms with Gasteiger partial charge in [-0.1, -0.05) is 6.58 Å². The molecule has 0 bridgehead atoms. The first-order valence-corrected chi connectivity index (χ1v) is 13.7. The Balaban J connectivity index is 1.39. The predicted octanol–water partition coefficient (Wildman–Crippen LogP) is 6.20. The van der Waals surface area contributed by atoms with Crippen molar-refractivity contribution in [1.82, 2.24) is 15.3 Å². The molecule has 0 amide bonds. The number of hydrogen-bond acceptors (Lipinski definition) is 5. The lowest BCUT2D eigenvalue weighted by Gasteiger charge is -2.22. The molecule has 0 aliphatic carbocycles. The van der Waals surface area contributed by atoms with Gasteiger partial charge in [-0.15, -0.1) is 0 Å². The van der Waals surface area contributed by atoms with Crippen molar-refractivity contribution in [2.24, 2.45) is 0 Å². The van der Waals surface area contributed by atoms with Crippen LogP contribution < -0.4 is 5.32 Å². The minimum absolute atomic E-state index is 0.145. The summed E-state index contributed by atoms with van der Waals surface area (Å²) in [4.78, 5) is 9.53. The van der Waals surface area contributed by atoms with E-state index in [0.717, 1.165) is 61.4 Å². The number of nitrogens with one attached hydrogen (secondary N) is 1. The summed E-state index contributed by atoms with van der Waals surface area (Å²) in [5.74, 6) is -0.297. The molecule has 1 aliphatic heterocycles. The molecule has 7 heteroatoms. The maximum absolute atomic E-state index is 13.7. The van der Waals surface area contributed by atoms with Crippen LogP contribution in [0.3, 0.4) is 0 Å². The van der Waals surface area contributed by atoms with Gasteiger partial charge in [0.2, 0.25) is 0 Å². The van der Waals surface area contributed by atoms with E-state index in [-0.39, 0.29) is 23.1 Å². The predicted molar refractivity (Wildman–Crippen MR) is 157 cm³/mol. The van der Waals surface area contributed by atoms with E-state index in [9.17, 15) is 14.7 Å². The fraction of sp³-hybridized carbons (Fsp3) is 0.333. The van der Waals surface area contributed by atoms with Crippen LogP contribution in [0.15, 0.2) is 61.3 Å². The number of aromatic nitrogens is 2. The zero-order chi connectivity index (χ0) is 28.8. The van der Waals surface area contributed by atoms with Crippen molar-refractivity contribution < 1.29 is 19.4 Å². The molecule has 1 aliphatic rings. The van der Waals surface area contributed by atoms with E-state index >= 15 is 0 Å². The highest BCUT2D eigenvalue weighted by Crippen LogP contribution is 2.46. The Morgan fingerprint density at radius 2 is 1.85 bits per heavy atom. The van der Waals surface area contributed by atoms with E-state index in [0.29, 0.717) is 19.5 Å². The Morgan fingerprint density at radius 3 is 2.55 bits per heavy atom. The molecule has 5 rings (SSSR count). The molecule has 40 heavy (non-hydrogen) atoms. The summed E-state index contributed by atoms with van der Waals surface area (Å²) in [5, 5.41) is 26.1. The largest absolute Gasteiger partial charge is 0.385 e. The average molecular weight is 542 g/mol. The Hall–Kier alpha value is -3.65. The van der Waals surface area contributed by atoms with Crippen LogP contribution in [0.4, 0.5) is 4.39 Å². The molecular formula is C33H38FN4O2+. The molecule has 2 unspecified atom stereocenters. The molecular weight excluding hydrogens is 503 g/mol. The second-order valence-electron chi connectivity index (χ2n) is 11.9. The maximum atomic E-state index is 13.7. The van der Waals surface area contributed by atoms with Crippen LogP contribution in [0.2, 0.25) is 0 Å². The number of halogens is 1. The van der Waals surface area contributed by atoms with Gasteiger partial charge in [-0.2, -0.15) is 4.65 Å². The van der Waals surface area contributed by atoms with E-state index < -0.39 is 5.60 Å². The number of rotatable bonds is 9. The maximum Gasteiger partial charge on any atom is 0.197 e. The first-order chi connectivity index (χ1) is 18.8. The van der Waals surface area contributed by atoms with E-state index in [4.69, 9.17) is 4.98 Å². The van der Waals surface area contributed by atoms with Gasteiger partial charge in [0.05, 0.1) is 11.2 Å². The number of nitrogens with zero attached hydrogens (tertiary/aromatic N) is 3. The second kappa shape index (κ2) is 10.4. The van der Waals surface area contributed by atoms with Crippen molar-refractivity contribution >= 4 is 16.6 Å². The molecule has 0 radical (unpaired) electrons. The number of hydroxylamine groups is 3. The van der Waals surface area contributed by atoms with Crippen molar-refractivity contribution in [3.8, 4) is 11.3 Å². The standard InChI is InChI=1S/C33H38FN4O2/c1-20-13-26-15-25(14-21(2)31(26)36-17-20)23(4)35-12-11-28-16-29(30-18-38(30,40)19-33(5,6)39)22(3)32(37-28)24-7-9-27(34)10-8-24/h7-10,13-17,30,35,39-40H,4,11-12,18-19H2,1-3,5-6H3/q+1. The van der Waals surface area contributed by atoms with E-state index in [2.05, 4.69) is 48.1 Å². The number of hydrogen-bond donors (Lipinski definition) is 3. The summed E-state index contributed by atoms with van der Waals surface area (Å²) in [7, 11) is 0. The molecule has 3 heterocycles. The number of aliphatic hydroxyl groups is 1. The summed E-state index contributed by atoms with van der Waals surface area (Å²) in [5.41, 5.74) is 8.51. The van der Waals surface area contributed by atoms with Crippen LogP contribution in [0.25, 0.3) is 27.9 Å². The topological polar surface area (TPSA) is 78.3 Å². The van der Waals surface area contributed by atoms with Crippen molar-refractivity contribution in [2.75, 3.05) is 19.6 Å². The molecule has 2 aromatic carbocycles. The lowest BCUT2D eigenvalue weighted by atomic mass is 9.98. The molecule has 0 spiro atoms. The molecule has 3 N–H and O–H groups in total. The van der Waals surface area contributed by atoms with E-state index in [1.807, 2.05) is 20.0 Å². The number of aryl methyl sites for hydroxylation is 2. The smallest absolute Gasteiger partial charge is 0.197 e. The van der Waals surface area contributed by atoms with Gasteiger partial charge in [0.25, 0.3) is 0 Å². The third-order valence-corrected chi connectivity index (χ3v) is 7.62. The van der Waals surface area contributed by atoms with Gasteiger partial charge in [-0.05, 0) is 105 Å². The van der Waals surface area contributed by atoms with Gasteiger partial charge < -0.3 is 10.4 Å². The first-order valence-electron chi connectivity index (χ1n) is 13.7. The van der Waals surface area contributed by atoms with E-state index in [1.54, 1.807) is 26.0 Å². The quantitative estimate of drug-likeness (QED) is 0.174. The normalized spacial score (nSPS) is 18.6. The number of fused-ring (bicyclic) bond motifs is 1. The van der Waals surface area contributed by atoms with Crippen molar-refractivity contribution in [3.63, 3.8) is 0 Å². The number of benzene rings is 2. The van der Waals surface area contributed by atoms with Gasteiger partial charge in [0.15, 0.2) is 12.6 Å². The number of pyridine rings is 2. The molecule has 2 atom stereocenters. The summed E-state index contributed by atoms with van der Waals surface area (Å²) in [6.45, 7) is 15.2. The highest BCUT2D eigenvalue weighted by Gasteiger charge is 2.59. The van der Waals surface area contributed by atoms with Crippen LogP contribution in [0.1, 0.15) is 53.4 Å². The van der Waals surface area contributed by atoms with Crippen LogP contribution >= 0.6 is 0 Å². The fourth-order valence-corrected chi connectivity index (χ4v) is 5.66. The Labute approximate surface area is 235 Å². The minimum atomic E-state index is -0.993. The summed E-state index contributed by atoms with van der Waals surface area (Å²) >= 11 is 0. The Bertz CT molecular complexity index is 1590. The lowest BCUT2D eigenvalue weighted by Crippen LogP contribution is -2.39. The average Bonchev–Trinajstić information content (AvgIpc) is 3.53. The lowest BCUT2D eigenvalue weighted by molar-refractivity contribution is -1.02. The van der Waals surface area contributed by atoms with E-state index in [1.165, 1.54) is 12.1 Å². The molecule has 1 saturated heterocycles. The van der Waals surface area contributed by atoms with Gasteiger partial charge in [0.1, 0.15) is 18.0 Å². The van der Waals surface area contributed by atoms with Gasteiger partial charge >= 0.3 is 0 Å². The Morgan fingerprint density at radius 1 is 1.12 bits per heavy atom. The molecule has 2 aromatic heterocycles. The molecule has 0 saturated carbocycles. The monoisotopic (exact) mass is 541 g/mol. The van der Waals surface area contributed by atoms with Crippen molar-refractivity contribution in [2.45, 2.75) is 52.7 Å². The second-order valence-corrected chi connectivity index (χ2v) is 11.9. The van der Waals surface area contributed by atoms with Gasteiger partial charge in [-0.25, -0.2) is 9.60 Å². The third kappa shape index (κ3) is 5.92. The molecule has 6 nitrogen and oxygen atoms in total. The van der Waals surface area contributed by atoms with Gasteiger partial charge in [-0.3, -0.25) is 9.97 Å². The summed E-state index contributed by atoms with van der Waals surface area (Å²) < 4.78 is 13.5. The number of quaternary nitrogens is 1. The molecule has 4 aromatic rings. The van der Waals surface area contributed by atoms with Crippen LogP contribution in [0.5, 0.6) is 0 Å². The highest BCUT2D eigenvalue weighted by atomic mass is 19.1. The minimum Gasteiger partial charge on any atom is -0.385 e. The van der Waals surface area contributed by atoms with Crippen molar-refractivity contribution in [1.29, 1.82) is 0 Å². The molecule has 208 valence electrons. The summed E-state index contributed by atoms with van der Waals surface area (Å²) in [6, 6.07) is 14.6. The van der Waals surface area contributed by atoms with Crippen LogP contribution in [0, 0.1) is 26.6 Å². The third-order valence-electron chi connectivity index (χ3n) is 7.62. The van der Waals surface area contributed by atoms with Crippen LogP contribution in [-0.4, -0.2) is 50.2 Å². The molecule has 1 fully saturated rings.